The number of amides is 2. The molecule has 152 valence electrons. The van der Waals surface area contributed by atoms with Crippen LogP contribution in [0.3, 0.4) is 0 Å². The van der Waals surface area contributed by atoms with Crippen LogP contribution in [0.15, 0.2) is 65.8 Å². The Bertz CT molecular complexity index is 1140. The quantitative estimate of drug-likeness (QED) is 0.460. The van der Waals surface area contributed by atoms with E-state index in [0.29, 0.717) is 18.0 Å². The molecular formula is C25H25N3O2. The Morgan fingerprint density at radius 1 is 1.03 bits per heavy atom. The van der Waals surface area contributed by atoms with Crippen molar-refractivity contribution in [3.05, 3.63) is 77.4 Å². The Hall–Kier alpha value is -3.47. The highest BCUT2D eigenvalue weighted by Crippen LogP contribution is 2.37. The molecule has 1 heterocycles. The number of carbonyl (C=O) groups is 2. The van der Waals surface area contributed by atoms with E-state index in [1.165, 1.54) is 0 Å². The fourth-order valence-electron chi connectivity index (χ4n) is 3.88. The molecule has 0 unspecified atom stereocenters. The maximum atomic E-state index is 12.9. The molecule has 0 fully saturated rings. The van der Waals surface area contributed by atoms with Crippen molar-refractivity contribution < 1.29 is 9.59 Å². The second kappa shape index (κ2) is 8.11. The van der Waals surface area contributed by atoms with Crippen LogP contribution in [0.4, 0.5) is 5.69 Å². The Balaban J connectivity index is 1.50. The summed E-state index contributed by atoms with van der Waals surface area (Å²) in [5.41, 5.74) is 6.78. The first-order chi connectivity index (χ1) is 14.5. The lowest BCUT2D eigenvalue weighted by Crippen LogP contribution is -2.26. The zero-order valence-corrected chi connectivity index (χ0v) is 17.5. The third-order valence-corrected chi connectivity index (χ3v) is 5.54. The first-order valence-electron chi connectivity index (χ1n) is 10.3. The smallest absolute Gasteiger partial charge is 0.271 e. The molecule has 5 heteroatoms. The van der Waals surface area contributed by atoms with Crippen molar-refractivity contribution in [2.24, 2.45) is 11.0 Å². The van der Waals surface area contributed by atoms with Crippen LogP contribution >= 0.6 is 0 Å². The van der Waals surface area contributed by atoms with E-state index in [0.717, 1.165) is 39.7 Å². The van der Waals surface area contributed by atoms with Gasteiger partial charge in [-0.1, -0.05) is 57.2 Å². The van der Waals surface area contributed by atoms with Crippen molar-refractivity contribution in [2.75, 3.05) is 4.90 Å². The van der Waals surface area contributed by atoms with E-state index in [4.69, 9.17) is 0 Å². The predicted molar refractivity (Wildman–Crippen MR) is 121 cm³/mol. The van der Waals surface area contributed by atoms with Gasteiger partial charge in [0.25, 0.3) is 11.8 Å². The number of hydrazone groups is 1. The van der Waals surface area contributed by atoms with Crippen LogP contribution in [0.25, 0.3) is 10.8 Å². The van der Waals surface area contributed by atoms with Gasteiger partial charge in [-0.2, -0.15) is 5.10 Å². The van der Waals surface area contributed by atoms with Crippen LogP contribution in [0, 0.1) is 5.92 Å². The average Bonchev–Trinajstić information content (AvgIpc) is 3.02. The molecule has 0 spiro atoms. The standard InChI is InChI=1S/C25H25N3O2/c1-4-21(16(2)3)26-27-24(29)19-13-11-17(12-14-19)15-28-22-10-6-8-18-7-5-9-20(23(18)22)25(28)30/h5-14,16H,4,15H2,1-3H3,(H,27,29)/b26-21-. The van der Waals surface area contributed by atoms with E-state index in [2.05, 4.69) is 24.4 Å². The summed E-state index contributed by atoms with van der Waals surface area (Å²) < 4.78 is 0. The molecule has 4 rings (SSSR count). The summed E-state index contributed by atoms with van der Waals surface area (Å²) in [6.45, 7) is 6.60. The van der Waals surface area contributed by atoms with Gasteiger partial charge in [0.15, 0.2) is 0 Å². The topological polar surface area (TPSA) is 61.8 Å². The van der Waals surface area contributed by atoms with E-state index in [1.54, 1.807) is 17.0 Å². The number of nitrogens with one attached hydrogen (secondary N) is 1. The zero-order valence-electron chi connectivity index (χ0n) is 17.5. The highest BCUT2D eigenvalue weighted by molar-refractivity contribution is 6.24. The maximum Gasteiger partial charge on any atom is 0.271 e. The number of rotatable bonds is 6. The number of benzene rings is 3. The molecule has 0 radical (unpaired) electrons. The Labute approximate surface area is 176 Å². The van der Waals surface area contributed by atoms with Crippen LogP contribution in [-0.2, 0) is 6.54 Å². The molecule has 1 N–H and O–H groups in total. The minimum atomic E-state index is -0.234. The lowest BCUT2D eigenvalue weighted by atomic mass is 10.1. The fourth-order valence-corrected chi connectivity index (χ4v) is 3.88. The van der Waals surface area contributed by atoms with Gasteiger partial charge in [0, 0.05) is 22.2 Å². The second-order valence-electron chi connectivity index (χ2n) is 7.82. The molecule has 1 aliphatic rings. The number of hydrogen-bond acceptors (Lipinski definition) is 3. The fraction of sp³-hybridized carbons (Fsp3) is 0.240. The van der Waals surface area contributed by atoms with Crippen molar-refractivity contribution in [2.45, 2.75) is 33.7 Å². The van der Waals surface area contributed by atoms with Crippen molar-refractivity contribution in [1.29, 1.82) is 0 Å². The normalized spacial score (nSPS) is 13.4. The maximum absolute atomic E-state index is 12.9. The van der Waals surface area contributed by atoms with E-state index in [1.807, 2.05) is 55.5 Å². The minimum Gasteiger partial charge on any atom is -0.303 e. The Morgan fingerprint density at radius 2 is 1.73 bits per heavy atom. The molecule has 2 amide bonds. The van der Waals surface area contributed by atoms with Crippen molar-refractivity contribution in [3.8, 4) is 0 Å². The molecule has 3 aromatic carbocycles. The number of hydrogen-bond donors (Lipinski definition) is 1. The third kappa shape index (κ3) is 3.59. The highest BCUT2D eigenvalue weighted by atomic mass is 16.2. The lowest BCUT2D eigenvalue weighted by Gasteiger charge is -2.18. The van der Waals surface area contributed by atoms with Crippen molar-refractivity contribution >= 4 is 34.0 Å². The van der Waals surface area contributed by atoms with Crippen LogP contribution in [-0.4, -0.2) is 17.5 Å². The number of nitrogens with zero attached hydrogens (tertiary/aromatic N) is 2. The van der Waals surface area contributed by atoms with Gasteiger partial charge in [-0.15, -0.1) is 0 Å². The van der Waals surface area contributed by atoms with E-state index in [-0.39, 0.29) is 11.8 Å². The summed E-state index contributed by atoms with van der Waals surface area (Å²) in [4.78, 5) is 27.1. The van der Waals surface area contributed by atoms with Crippen molar-refractivity contribution in [1.82, 2.24) is 5.43 Å². The highest BCUT2D eigenvalue weighted by Gasteiger charge is 2.29. The molecule has 1 aliphatic heterocycles. The molecule has 0 aromatic heterocycles. The molecule has 5 nitrogen and oxygen atoms in total. The molecule has 0 saturated heterocycles. The number of carbonyl (C=O) groups excluding carboxylic acids is 2. The molecule has 3 aromatic rings. The van der Waals surface area contributed by atoms with Crippen LogP contribution < -0.4 is 10.3 Å². The van der Waals surface area contributed by atoms with Gasteiger partial charge >= 0.3 is 0 Å². The summed E-state index contributed by atoms with van der Waals surface area (Å²) >= 11 is 0. The van der Waals surface area contributed by atoms with Gasteiger partial charge in [-0.25, -0.2) is 5.43 Å². The summed E-state index contributed by atoms with van der Waals surface area (Å²) in [5.74, 6) is 0.0746. The summed E-state index contributed by atoms with van der Waals surface area (Å²) in [5, 5.41) is 6.32. The van der Waals surface area contributed by atoms with Gasteiger partial charge < -0.3 is 4.90 Å². The first-order valence-corrected chi connectivity index (χ1v) is 10.3. The third-order valence-electron chi connectivity index (χ3n) is 5.54. The monoisotopic (exact) mass is 399 g/mol. The molecule has 0 bridgehead atoms. The summed E-state index contributed by atoms with van der Waals surface area (Å²) in [6, 6.07) is 19.1. The Morgan fingerprint density at radius 3 is 2.40 bits per heavy atom. The van der Waals surface area contributed by atoms with Gasteiger partial charge in [0.05, 0.1) is 12.2 Å². The first kappa shape index (κ1) is 19.8. The summed E-state index contributed by atoms with van der Waals surface area (Å²) in [7, 11) is 0. The van der Waals surface area contributed by atoms with E-state index >= 15 is 0 Å². The molecular weight excluding hydrogens is 374 g/mol. The zero-order chi connectivity index (χ0) is 21.3. The molecule has 30 heavy (non-hydrogen) atoms. The molecule has 0 saturated carbocycles. The lowest BCUT2D eigenvalue weighted by molar-refractivity contribution is 0.0952. The number of anilines is 1. The van der Waals surface area contributed by atoms with Gasteiger partial charge in [-0.05, 0) is 47.6 Å². The summed E-state index contributed by atoms with van der Waals surface area (Å²) in [6.07, 6.45) is 0.801. The average molecular weight is 399 g/mol. The largest absolute Gasteiger partial charge is 0.303 e. The van der Waals surface area contributed by atoms with Crippen molar-refractivity contribution in [3.63, 3.8) is 0 Å². The van der Waals surface area contributed by atoms with Crippen LogP contribution in [0.1, 0.15) is 53.5 Å². The Kier molecular flexibility index (Phi) is 5.36. The van der Waals surface area contributed by atoms with Gasteiger partial charge in [0.1, 0.15) is 0 Å². The van der Waals surface area contributed by atoms with Gasteiger partial charge in [0.2, 0.25) is 0 Å². The van der Waals surface area contributed by atoms with Gasteiger partial charge in [-0.3, -0.25) is 9.59 Å². The minimum absolute atomic E-state index is 0.0127. The van der Waals surface area contributed by atoms with Crippen LogP contribution in [0.5, 0.6) is 0 Å². The van der Waals surface area contributed by atoms with Crippen LogP contribution in [0.2, 0.25) is 0 Å². The van der Waals surface area contributed by atoms with E-state index < -0.39 is 0 Å². The SMILES string of the molecule is CC/C(=N/NC(=O)c1ccc(CN2C(=O)c3cccc4cccc2c34)cc1)C(C)C. The molecule has 0 aliphatic carbocycles. The van der Waals surface area contributed by atoms with E-state index in [9.17, 15) is 9.59 Å². The predicted octanol–water partition coefficient (Wildman–Crippen LogP) is 5.15. The molecule has 0 atom stereocenters. The second-order valence-corrected chi connectivity index (χ2v) is 7.82.